The van der Waals surface area contributed by atoms with E-state index in [0.29, 0.717) is 22.0 Å². The van der Waals surface area contributed by atoms with E-state index >= 15 is 0 Å². The Morgan fingerprint density at radius 1 is 1.13 bits per heavy atom. The number of aromatic nitrogens is 2. The quantitative estimate of drug-likeness (QED) is 0.391. The molecule has 2 heterocycles. The fraction of sp³-hybridized carbons (Fsp3) is 0.0870. The van der Waals surface area contributed by atoms with Crippen molar-refractivity contribution in [2.24, 2.45) is 0 Å². The lowest BCUT2D eigenvalue weighted by Gasteiger charge is -2.04. The summed E-state index contributed by atoms with van der Waals surface area (Å²) in [4.78, 5) is 23.4. The highest BCUT2D eigenvalue weighted by molar-refractivity contribution is 5.69. The number of phenols is 1. The van der Waals surface area contributed by atoms with Gasteiger partial charge in [0.25, 0.3) is 11.2 Å². The number of rotatable bonds is 4. The van der Waals surface area contributed by atoms with E-state index in [4.69, 9.17) is 4.42 Å². The maximum atomic E-state index is 12.9. The van der Waals surface area contributed by atoms with E-state index in [9.17, 15) is 20.0 Å². The molecule has 2 aromatic carbocycles. The molecule has 0 saturated heterocycles. The predicted molar refractivity (Wildman–Crippen MR) is 117 cm³/mol. The third-order valence-electron chi connectivity index (χ3n) is 5.12. The summed E-state index contributed by atoms with van der Waals surface area (Å²) in [6.07, 6.45) is 1.54. The topological polar surface area (TPSA) is 114 Å². The van der Waals surface area contributed by atoms with E-state index in [1.165, 1.54) is 29.0 Å². The van der Waals surface area contributed by atoms with Gasteiger partial charge in [0.05, 0.1) is 26.7 Å². The van der Waals surface area contributed by atoms with Gasteiger partial charge in [-0.3, -0.25) is 20.0 Å². The first kappa shape index (κ1) is 20.0. The Bertz CT molecular complexity index is 1490. The summed E-state index contributed by atoms with van der Waals surface area (Å²) < 4.78 is 7.13. The summed E-state index contributed by atoms with van der Waals surface area (Å²) >= 11 is 0. The van der Waals surface area contributed by atoms with Gasteiger partial charge in [-0.05, 0) is 61.4 Å². The Kier molecular flexibility index (Phi) is 4.82. The lowest BCUT2D eigenvalue weighted by molar-refractivity contribution is -0.384. The standard InChI is InChI=1S/C23H19N3O5/c1-13-4-5-16(10-14(13)2)25-23(28)19(15(3)24-25)12-18-7-9-22(31-18)20-11-17(26(29)30)6-8-21(20)27/h4-12,24,27H,3H2,1-2H3/b19-12+. The van der Waals surface area contributed by atoms with Gasteiger partial charge < -0.3 is 9.52 Å². The smallest absolute Gasteiger partial charge is 0.279 e. The van der Waals surface area contributed by atoms with Crippen LogP contribution in [0.4, 0.5) is 5.69 Å². The van der Waals surface area contributed by atoms with Gasteiger partial charge in [0.1, 0.15) is 17.3 Å². The second-order valence-corrected chi connectivity index (χ2v) is 7.22. The van der Waals surface area contributed by atoms with Crippen molar-refractivity contribution in [1.82, 2.24) is 9.78 Å². The molecule has 0 saturated carbocycles. The normalized spacial score (nSPS) is 11.7. The van der Waals surface area contributed by atoms with E-state index in [1.54, 1.807) is 12.1 Å². The molecule has 0 radical (unpaired) electrons. The van der Waals surface area contributed by atoms with Crippen LogP contribution in [-0.2, 0) is 0 Å². The van der Waals surface area contributed by atoms with Gasteiger partial charge in [0, 0.05) is 12.1 Å². The van der Waals surface area contributed by atoms with Crippen LogP contribution in [0.3, 0.4) is 0 Å². The number of hydrogen-bond donors (Lipinski definition) is 2. The molecule has 31 heavy (non-hydrogen) atoms. The Balaban J connectivity index is 1.77. The fourth-order valence-electron chi connectivity index (χ4n) is 3.24. The molecule has 0 fully saturated rings. The number of nitrogens with zero attached hydrogens (tertiary/aromatic N) is 2. The van der Waals surface area contributed by atoms with Crippen LogP contribution >= 0.6 is 0 Å². The number of non-ortho nitro benzene ring substituents is 1. The number of H-pyrrole nitrogens is 1. The number of benzene rings is 2. The minimum atomic E-state index is -0.553. The summed E-state index contributed by atoms with van der Waals surface area (Å²) in [6.45, 7) is 7.88. The van der Waals surface area contributed by atoms with Crippen molar-refractivity contribution in [3.8, 4) is 22.8 Å². The second-order valence-electron chi connectivity index (χ2n) is 7.22. The number of aromatic hydroxyl groups is 1. The number of aromatic amines is 1. The highest BCUT2D eigenvalue weighted by atomic mass is 16.6. The maximum Gasteiger partial charge on any atom is 0.279 e. The Hall–Kier alpha value is -4.33. The third kappa shape index (κ3) is 3.66. The zero-order valence-electron chi connectivity index (χ0n) is 16.9. The van der Waals surface area contributed by atoms with Crippen LogP contribution in [0.5, 0.6) is 5.75 Å². The molecule has 8 heteroatoms. The molecule has 0 unspecified atom stereocenters. The fourth-order valence-corrected chi connectivity index (χ4v) is 3.24. The average molecular weight is 417 g/mol. The van der Waals surface area contributed by atoms with Gasteiger partial charge in [-0.1, -0.05) is 12.6 Å². The second kappa shape index (κ2) is 7.49. The Morgan fingerprint density at radius 3 is 2.61 bits per heavy atom. The molecule has 0 spiro atoms. The molecule has 0 atom stereocenters. The number of phenolic OH excluding ortho intramolecular Hbond substituents is 1. The van der Waals surface area contributed by atoms with Crippen molar-refractivity contribution in [1.29, 1.82) is 0 Å². The molecule has 0 aliphatic heterocycles. The van der Waals surface area contributed by atoms with Crippen molar-refractivity contribution in [2.75, 3.05) is 0 Å². The molecular formula is C23H19N3O5. The van der Waals surface area contributed by atoms with Crippen LogP contribution in [0, 0.1) is 24.0 Å². The van der Waals surface area contributed by atoms with Crippen LogP contribution < -0.4 is 16.1 Å². The van der Waals surface area contributed by atoms with Crippen LogP contribution in [0.25, 0.3) is 29.7 Å². The molecule has 4 rings (SSSR count). The number of hydrogen-bond acceptors (Lipinski definition) is 5. The van der Waals surface area contributed by atoms with Gasteiger partial charge in [-0.2, -0.15) is 0 Å². The lowest BCUT2D eigenvalue weighted by atomic mass is 10.1. The molecular weight excluding hydrogens is 398 g/mol. The highest BCUT2D eigenvalue weighted by Gasteiger charge is 2.15. The SMILES string of the molecule is C=c1[nH]n(-c2ccc(C)c(C)c2)c(=O)/c1=C/c1ccc(-c2cc([N+](=O)[O-])ccc2O)o1. The monoisotopic (exact) mass is 417 g/mol. The molecule has 2 aromatic heterocycles. The van der Waals surface area contributed by atoms with Gasteiger partial charge in [0.2, 0.25) is 0 Å². The van der Waals surface area contributed by atoms with E-state index in [0.717, 1.165) is 11.1 Å². The van der Waals surface area contributed by atoms with Crippen molar-refractivity contribution in [3.05, 3.63) is 96.5 Å². The Morgan fingerprint density at radius 2 is 1.90 bits per heavy atom. The van der Waals surface area contributed by atoms with E-state index < -0.39 is 4.92 Å². The number of nitro groups is 1. The van der Waals surface area contributed by atoms with Gasteiger partial charge >= 0.3 is 0 Å². The first-order valence-corrected chi connectivity index (χ1v) is 9.41. The van der Waals surface area contributed by atoms with E-state index in [2.05, 4.69) is 11.7 Å². The molecule has 0 aliphatic rings. The van der Waals surface area contributed by atoms with Crippen molar-refractivity contribution in [2.45, 2.75) is 13.8 Å². The minimum Gasteiger partial charge on any atom is -0.507 e. The lowest BCUT2D eigenvalue weighted by Crippen LogP contribution is -2.33. The highest BCUT2D eigenvalue weighted by Crippen LogP contribution is 2.33. The van der Waals surface area contributed by atoms with Crippen LogP contribution in [0.1, 0.15) is 16.9 Å². The zero-order chi connectivity index (χ0) is 22.3. The molecule has 8 nitrogen and oxygen atoms in total. The molecule has 0 aliphatic carbocycles. The van der Waals surface area contributed by atoms with Crippen LogP contribution in [-0.4, -0.2) is 19.8 Å². The van der Waals surface area contributed by atoms with E-state index in [1.807, 2.05) is 32.0 Å². The third-order valence-corrected chi connectivity index (χ3v) is 5.12. The first-order chi connectivity index (χ1) is 14.7. The van der Waals surface area contributed by atoms with Gasteiger partial charge in [-0.15, -0.1) is 0 Å². The first-order valence-electron chi connectivity index (χ1n) is 9.41. The van der Waals surface area contributed by atoms with Crippen molar-refractivity contribution >= 4 is 18.3 Å². The van der Waals surface area contributed by atoms with Crippen LogP contribution in [0.15, 0.2) is 57.7 Å². The number of aryl methyl sites for hydroxylation is 2. The summed E-state index contributed by atoms with van der Waals surface area (Å²) in [5.74, 6) is 0.431. The number of nitrogens with one attached hydrogen (secondary N) is 1. The number of nitro benzene ring substituents is 1. The summed E-state index contributed by atoms with van der Waals surface area (Å²) in [6, 6.07) is 12.6. The molecule has 156 valence electrons. The van der Waals surface area contributed by atoms with Crippen molar-refractivity contribution < 1.29 is 14.4 Å². The molecule has 0 bridgehead atoms. The molecule has 4 aromatic rings. The van der Waals surface area contributed by atoms with Crippen molar-refractivity contribution in [3.63, 3.8) is 0 Å². The van der Waals surface area contributed by atoms with Gasteiger partial charge in [0.15, 0.2) is 0 Å². The molecule has 2 N–H and O–H groups in total. The predicted octanol–water partition coefficient (Wildman–Crippen LogP) is 2.90. The van der Waals surface area contributed by atoms with Crippen LogP contribution in [0.2, 0.25) is 0 Å². The minimum absolute atomic E-state index is 0.150. The number of furan rings is 1. The summed E-state index contributed by atoms with van der Waals surface area (Å²) in [5, 5.41) is 24.8. The summed E-state index contributed by atoms with van der Waals surface area (Å²) in [5.41, 5.74) is 2.60. The van der Waals surface area contributed by atoms with Gasteiger partial charge in [-0.25, -0.2) is 4.68 Å². The average Bonchev–Trinajstić information content (AvgIpc) is 3.30. The van der Waals surface area contributed by atoms with E-state index in [-0.39, 0.29) is 28.3 Å². The molecule has 0 amide bonds. The largest absolute Gasteiger partial charge is 0.507 e. The summed E-state index contributed by atoms with van der Waals surface area (Å²) in [7, 11) is 0. The maximum absolute atomic E-state index is 12.9. The Labute approximate surface area is 176 Å². The zero-order valence-corrected chi connectivity index (χ0v) is 16.9.